The van der Waals surface area contributed by atoms with Gasteiger partial charge < -0.3 is 10.1 Å². The van der Waals surface area contributed by atoms with E-state index in [1.807, 2.05) is 74.5 Å². The number of benzene rings is 2. The number of hydrogen-bond acceptors (Lipinski definition) is 5. The third-order valence-corrected chi connectivity index (χ3v) is 5.01. The van der Waals surface area contributed by atoms with Gasteiger partial charge in [-0.25, -0.2) is 9.97 Å². The van der Waals surface area contributed by atoms with Crippen molar-refractivity contribution in [1.29, 1.82) is 0 Å². The molecule has 0 aliphatic carbocycles. The van der Waals surface area contributed by atoms with Crippen LogP contribution in [0.25, 0.3) is 22.6 Å². The molecule has 0 radical (unpaired) electrons. The van der Waals surface area contributed by atoms with Crippen LogP contribution in [0, 0.1) is 6.92 Å². The second kappa shape index (κ2) is 9.83. The van der Waals surface area contributed by atoms with Gasteiger partial charge in [0.15, 0.2) is 5.82 Å². The summed E-state index contributed by atoms with van der Waals surface area (Å²) in [5.74, 6) is 1.07. The standard InChI is InChI=1S/C26H24N4O2/c1-3-32-23-7-5-4-6-21(23)16-29-26(31)22-17-28-25(20-10-8-18(2)9-11-20)30-24(22)19-12-14-27-15-13-19/h4-15,17H,3,16H2,1-2H3,(H,29,31). The Morgan fingerprint density at radius 3 is 2.47 bits per heavy atom. The first-order valence-electron chi connectivity index (χ1n) is 10.5. The van der Waals surface area contributed by atoms with Gasteiger partial charge >= 0.3 is 0 Å². The molecule has 6 heteroatoms. The van der Waals surface area contributed by atoms with Gasteiger partial charge in [-0.2, -0.15) is 0 Å². The van der Waals surface area contributed by atoms with Crippen molar-refractivity contribution < 1.29 is 9.53 Å². The maximum atomic E-state index is 13.1. The molecule has 0 unspecified atom stereocenters. The maximum absolute atomic E-state index is 13.1. The number of ether oxygens (including phenoxy) is 1. The molecule has 1 N–H and O–H groups in total. The monoisotopic (exact) mass is 424 g/mol. The van der Waals surface area contributed by atoms with E-state index in [4.69, 9.17) is 9.72 Å². The van der Waals surface area contributed by atoms with Crippen LogP contribution in [0.15, 0.2) is 79.3 Å². The molecule has 0 fully saturated rings. The lowest BCUT2D eigenvalue weighted by atomic mass is 10.1. The molecule has 160 valence electrons. The molecule has 1 amide bonds. The van der Waals surface area contributed by atoms with Crippen LogP contribution in [0.4, 0.5) is 0 Å². The minimum atomic E-state index is -0.251. The zero-order valence-electron chi connectivity index (χ0n) is 18.1. The number of amides is 1. The average molecular weight is 425 g/mol. The number of carbonyl (C=O) groups is 1. The molecule has 4 rings (SSSR count). The van der Waals surface area contributed by atoms with Crippen molar-refractivity contribution in [3.8, 4) is 28.4 Å². The highest BCUT2D eigenvalue weighted by molar-refractivity contribution is 5.99. The van der Waals surface area contributed by atoms with Gasteiger partial charge in [0.1, 0.15) is 5.75 Å². The van der Waals surface area contributed by atoms with E-state index in [0.29, 0.717) is 30.2 Å². The van der Waals surface area contributed by atoms with Crippen LogP contribution in [0.2, 0.25) is 0 Å². The molecule has 6 nitrogen and oxygen atoms in total. The molecule has 0 atom stereocenters. The molecule has 4 aromatic rings. The molecule has 2 aromatic carbocycles. The maximum Gasteiger partial charge on any atom is 0.255 e. The van der Waals surface area contributed by atoms with E-state index in [2.05, 4.69) is 15.3 Å². The molecule has 0 spiro atoms. The van der Waals surface area contributed by atoms with Gasteiger partial charge in [0.05, 0.1) is 17.9 Å². The van der Waals surface area contributed by atoms with Crippen LogP contribution in [-0.2, 0) is 6.54 Å². The Morgan fingerprint density at radius 1 is 0.969 bits per heavy atom. The van der Waals surface area contributed by atoms with Gasteiger partial charge in [-0.05, 0) is 32.0 Å². The molecular weight excluding hydrogens is 400 g/mol. The summed E-state index contributed by atoms with van der Waals surface area (Å²) in [6.45, 7) is 4.86. The van der Waals surface area contributed by atoms with Crippen LogP contribution in [0.5, 0.6) is 5.75 Å². The summed E-state index contributed by atoms with van der Waals surface area (Å²) in [5, 5.41) is 2.98. The Hall–Kier alpha value is -4.06. The number of para-hydroxylation sites is 1. The number of hydrogen-bond donors (Lipinski definition) is 1. The van der Waals surface area contributed by atoms with Gasteiger partial charge in [-0.15, -0.1) is 0 Å². The number of pyridine rings is 1. The van der Waals surface area contributed by atoms with Crippen LogP contribution in [-0.4, -0.2) is 27.5 Å². The number of rotatable bonds is 7. The quantitative estimate of drug-likeness (QED) is 0.459. The zero-order chi connectivity index (χ0) is 22.3. The van der Waals surface area contributed by atoms with Crippen molar-refractivity contribution in [2.45, 2.75) is 20.4 Å². The fraction of sp³-hybridized carbons (Fsp3) is 0.154. The molecule has 2 heterocycles. The summed E-state index contributed by atoms with van der Waals surface area (Å²) < 4.78 is 5.66. The second-order valence-electron chi connectivity index (χ2n) is 7.28. The first-order valence-corrected chi connectivity index (χ1v) is 10.5. The smallest absolute Gasteiger partial charge is 0.255 e. The fourth-order valence-electron chi connectivity index (χ4n) is 3.34. The summed E-state index contributed by atoms with van der Waals surface area (Å²) >= 11 is 0. The molecule has 2 aromatic heterocycles. The van der Waals surface area contributed by atoms with E-state index in [0.717, 1.165) is 28.0 Å². The van der Waals surface area contributed by atoms with Crippen molar-refractivity contribution in [3.63, 3.8) is 0 Å². The minimum absolute atomic E-state index is 0.251. The van der Waals surface area contributed by atoms with Crippen LogP contribution in [0.3, 0.4) is 0 Å². The summed E-state index contributed by atoms with van der Waals surface area (Å²) in [6, 6.07) is 19.3. The van der Waals surface area contributed by atoms with E-state index in [1.54, 1.807) is 18.6 Å². The Kier molecular flexibility index (Phi) is 6.51. The largest absolute Gasteiger partial charge is 0.494 e. The zero-order valence-corrected chi connectivity index (χ0v) is 18.1. The lowest BCUT2D eigenvalue weighted by Gasteiger charge is -2.13. The number of aromatic nitrogens is 3. The van der Waals surface area contributed by atoms with Gasteiger partial charge in [0.25, 0.3) is 5.91 Å². The van der Waals surface area contributed by atoms with Crippen molar-refractivity contribution in [1.82, 2.24) is 20.3 Å². The van der Waals surface area contributed by atoms with E-state index in [-0.39, 0.29) is 5.91 Å². The number of carbonyl (C=O) groups excluding carboxylic acids is 1. The normalized spacial score (nSPS) is 10.6. The second-order valence-corrected chi connectivity index (χ2v) is 7.28. The Morgan fingerprint density at radius 2 is 1.72 bits per heavy atom. The highest BCUT2D eigenvalue weighted by atomic mass is 16.5. The lowest BCUT2D eigenvalue weighted by Crippen LogP contribution is -2.24. The van der Waals surface area contributed by atoms with Crippen molar-refractivity contribution in [3.05, 3.63) is 95.9 Å². The molecule has 0 saturated heterocycles. The molecule has 0 bridgehead atoms. The number of nitrogens with zero attached hydrogens (tertiary/aromatic N) is 3. The van der Waals surface area contributed by atoms with Crippen LogP contribution in [0.1, 0.15) is 28.4 Å². The van der Waals surface area contributed by atoms with Gasteiger partial charge in [0, 0.05) is 41.8 Å². The molecule has 0 aliphatic rings. The molecule has 32 heavy (non-hydrogen) atoms. The summed E-state index contributed by atoms with van der Waals surface area (Å²) in [5.41, 5.74) is 4.73. The van der Waals surface area contributed by atoms with E-state index in [1.165, 1.54) is 0 Å². The van der Waals surface area contributed by atoms with Crippen molar-refractivity contribution >= 4 is 5.91 Å². The summed E-state index contributed by atoms with van der Waals surface area (Å²) in [4.78, 5) is 26.4. The predicted octanol–water partition coefficient (Wildman–Crippen LogP) is 4.84. The van der Waals surface area contributed by atoms with E-state index in [9.17, 15) is 4.79 Å². The third-order valence-electron chi connectivity index (χ3n) is 5.01. The predicted molar refractivity (Wildman–Crippen MR) is 124 cm³/mol. The first kappa shape index (κ1) is 21.2. The van der Waals surface area contributed by atoms with Crippen molar-refractivity contribution in [2.75, 3.05) is 6.61 Å². The fourth-order valence-corrected chi connectivity index (χ4v) is 3.34. The summed E-state index contributed by atoms with van der Waals surface area (Å²) in [7, 11) is 0. The van der Waals surface area contributed by atoms with Crippen molar-refractivity contribution in [2.24, 2.45) is 0 Å². The lowest BCUT2D eigenvalue weighted by molar-refractivity contribution is 0.0950. The van der Waals surface area contributed by atoms with Gasteiger partial charge in [-0.3, -0.25) is 9.78 Å². The van der Waals surface area contributed by atoms with E-state index >= 15 is 0 Å². The van der Waals surface area contributed by atoms with Gasteiger partial charge in [0.2, 0.25) is 0 Å². The Bertz CT molecular complexity index is 1210. The Labute approximate surface area is 187 Å². The third kappa shape index (κ3) is 4.81. The van der Waals surface area contributed by atoms with Gasteiger partial charge in [-0.1, -0.05) is 48.0 Å². The topological polar surface area (TPSA) is 77.0 Å². The first-order chi connectivity index (χ1) is 15.7. The van der Waals surface area contributed by atoms with Crippen LogP contribution >= 0.6 is 0 Å². The Balaban J connectivity index is 1.65. The number of aryl methyl sites for hydroxylation is 1. The molecule has 0 aliphatic heterocycles. The molecular formula is C26H24N4O2. The minimum Gasteiger partial charge on any atom is -0.494 e. The highest BCUT2D eigenvalue weighted by Crippen LogP contribution is 2.25. The highest BCUT2D eigenvalue weighted by Gasteiger charge is 2.17. The summed E-state index contributed by atoms with van der Waals surface area (Å²) in [6.07, 6.45) is 4.95. The number of nitrogens with one attached hydrogen (secondary N) is 1. The molecule has 0 saturated carbocycles. The average Bonchev–Trinajstić information content (AvgIpc) is 2.84. The van der Waals surface area contributed by atoms with E-state index < -0.39 is 0 Å². The van der Waals surface area contributed by atoms with Crippen LogP contribution < -0.4 is 10.1 Å². The SMILES string of the molecule is CCOc1ccccc1CNC(=O)c1cnc(-c2ccc(C)cc2)nc1-c1ccncc1.